The summed E-state index contributed by atoms with van der Waals surface area (Å²) in [5.41, 5.74) is 0. The molecule has 2 fully saturated rings. The molecule has 0 radical (unpaired) electrons. The van der Waals surface area contributed by atoms with Crippen LogP contribution in [0.3, 0.4) is 0 Å². The summed E-state index contributed by atoms with van der Waals surface area (Å²) in [6, 6.07) is 0.628. The number of hydrogen-bond acceptors (Lipinski definition) is 3. The molecule has 0 bridgehead atoms. The molecule has 0 aromatic rings. The summed E-state index contributed by atoms with van der Waals surface area (Å²) >= 11 is 0. The van der Waals surface area contributed by atoms with Gasteiger partial charge in [-0.2, -0.15) is 0 Å². The summed E-state index contributed by atoms with van der Waals surface area (Å²) in [5, 5.41) is 3.64. The van der Waals surface area contributed by atoms with Crippen LogP contribution in [0.5, 0.6) is 0 Å². The summed E-state index contributed by atoms with van der Waals surface area (Å²) in [6.07, 6.45) is 13.6. The highest BCUT2D eigenvalue weighted by molar-refractivity contribution is 7.90. The fraction of sp³-hybridized carbons (Fsp3) is 1.00. The van der Waals surface area contributed by atoms with E-state index in [2.05, 4.69) is 5.32 Å². The lowest BCUT2D eigenvalue weighted by atomic mass is 9.71. The lowest BCUT2D eigenvalue weighted by molar-refractivity contribution is 0.145. The van der Waals surface area contributed by atoms with Gasteiger partial charge in [0.2, 0.25) is 0 Å². The first-order valence-corrected chi connectivity index (χ1v) is 10.5. The minimum absolute atomic E-state index is 0.0826. The van der Waals surface area contributed by atoms with Gasteiger partial charge in [-0.3, -0.25) is 0 Å². The number of sulfone groups is 1. The average molecular weight is 301 g/mol. The third-order valence-corrected chi connectivity index (χ3v) is 6.23. The smallest absolute Gasteiger partial charge is 0.148 e. The number of rotatable bonds is 5. The van der Waals surface area contributed by atoms with Gasteiger partial charge in [0, 0.05) is 18.3 Å². The van der Waals surface area contributed by atoms with E-state index in [0.717, 1.165) is 11.8 Å². The Kier molecular flexibility index (Phi) is 5.91. The molecule has 2 saturated carbocycles. The first-order chi connectivity index (χ1) is 9.46. The van der Waals surface area contributed by atoms with Crippen molar-refractivity contribution < 1.29 is 8.42 Å². The van der Waals surface area contributed by atoms with E-state index in [-0.39, 0.29) is 11.8 Å². The van der Waals surface area contributed by atoms with Crippen LogP contribution in [0.1, 0.15) is 64.7 Å². The molecule has 0 spiro atoms. The monoisotopic (exact) mass is 301 g/mol. The van der Waals surface area contributed by atoms with Crippen LogP contribution in [0.15, 0.2) is 0 Å². The van der Waals surface area contributed by atoms with Crippen molar-refractivity contribution in [3.63, 3.8) is 0 Å². The van der Waals surface area contributed by atoms with Crippen molar-refractivity contribution in [1.82, 2.24) is 5.32 Å². The minimum Gasteiger partial charge on any atom is -0.310 e. The van der Waals surface area contributed by atoms with Gasteiger partial charge in [-0.05, 0) is 31.6 Å². The molecule has 0 saturated heterocycles. The van der Waals surface area contributed by atoms with E-state index < -0.39 is 9.84 Å². The molecule has 4 heteroatoms. The van der Waals surface area contributed by atoms with Gasteiger partial charge in [-0.25, -0.2) is 8.42 Å². The van der Waals surface area contributed by atoms with E-state index in [4.69, 9.17) is 0 Å². The maximum atomic E-state index is 11.4. The zero-order valence-electron chi connectivity index (χ0n) is 13.1. The molecular weight excluding hydrogens is 270 g/mol. The Morgan fingerprint density at radius 2 is 1.60 bits per heavy atom. The Morgan fingerprint density at radius 1 is 1.00 bits per heavy atom. The maximum Gasteiger partial charge on any atom is 0.148 e. The van der Waals surface area contributed by atoms with Crippen LogP contribution in [0.4, 0.5) is 0 Å². The van der Waals surface area contributed by atoms with Gasteiger partial charge < -0.3 is 5.32 Å². The molecule has 1 N–H and O–H groups in total. The summed E-state index contributed by atoms with van der Waals surface area (Å²) in [7, 11) is -2.88. The van der Waals surface area contributed by atoms with Crippen molar-refractivity contribution in [2.45, 2.75) is 76.8 Å². The molecule has 0 heterocycles. The zero-order valence-corrected chi connectivity index (χ0v) is 13.9. The topological polar surface area (TPSA) is 46.2 Å². The predicted octanol–water partition coefficient (Wildman–Crippen LogP) is 3.15. The first kappa shape index (κ1) is 16.3. The van der Waals surface area contributed by atoms with Gasteiger partial charge in [0.25, 0.3) is 0 Å². The normalized spacial score (nSPS) is 31.1. The highest BCUT2D eigenvalue weighted by Crippen LogP contribution is 2.38. The van der Waals surface area contributed by atoms with Crippen molar-refractivity contribution in [3.05, 3.63) is 0 Å². The van der Waals surface area contributed by atoms with E-state index in [1.807, 2.05) is 6.92 Å². The van der Waals surface area contributed by atoms with Crippen LogP contribution in [0, 0.1) is 11.8 Å². The van der Waals surface area contributed by atoms with Crippen molar-refractivity contribution in [1.29, 1.82) is 0 Å². The summed E-state index contributed by atoms with van der Waals surface area (Å²) < 4.78 is 22.9. The fourth-order valence-corrected chi connectivity index (χ4v) is 5.37. The maximum absolute atomic E-state index is 11.4. The van der Waals surface area contributed by atoms with Crippen LogP contribution in [0.25, 0.3) is 0 Å². The average Bonchev–Trinajstić information content (AvgIpc) is 2.38. The number of nitrogens with one attached hydrogen (secondary N) is 1. The second-order valence-corrected chi connectivity index (χ2v) is 9.30. The van der Waals surface area contributed by atoms with Gasteiger partial charge in [0.05, 0.1) is 5.75 Å². The van der Waals surface area contributed by atoms with Crippen LogP contribution in [0.2, 0.25) is 0 Å². The molecule has 0 aromatic carbocycles. The van der Waals surface area contributed by atoms with Crippen molar-refractivity contribution in [3.8, 4) is 0 Å². The van der Waals surface area contributed by atoms with E-state index in [1.165, 1.54) is 64.0 Å². The quantitative estimate of drug-likeness (QED) is 0.848. The fourth-order valence-electron chi connectivity index (χ4n) is 4.36. The standard InChI is InChI=1S/C16H31NO2S/c1-13(12-20(2,18)19)17-16-11-7-6-10-15(16)14-8-4-3-5-9-14/h13-17H,3-12H2,1-2H3. The Balaban J connectivity index is 1.92. The van der Waals surface area contributed by atoms with Gasteiger partial charge in [-0.15, -0.1) is 0 Å². The summed E-state index contributed by atoms with van der Waals surface area (Å²) in [5.74, 6) is 1.93. The van der Waals surface area contributed by atoms with E-state index in [9.17, 15) is 8.42 Å². The molecule has 20 heavy (non-hydrogen) atoms. The van der Waals surface area contributed by atoms with Crippen LogP contribution in [-0.4, -0.2) is 32.5 Å². The Morgan fingerprint density at radius 3 is 2.25 bits per heavy atom. The van der Waals surface area contributed by atoms with E-state index in [0.29, 0.717) is 6.04 Å². The second-order valence-electron chi connectivity index (χ2n) is 7.11. The Hall–Kier alpha value is -0.0900. The van der Waals surface area contributed by atoms with Gasteiger partial charge >= 0.3 is 0 Å². The first-order valence-electron chi connectivity index (χ1n) is 8.39. The molecule has 0 amide bonds. The summed E-state index contributed by atoms with van der Waals surface area (Å²) in [6.45, 7) is 2.02. The third-order valence-electron chi connectivity index (χ3n) is 5.13. The highest BCUT2D eigenvalue weighted by atomic mass is 32.2. The minimum atomic E-state index is -2.88. The van der Waals surface area contributed by atoms with Crippen LogP contribution >= 0.6 is 0 Å². The van der Waals surface area contributed by atoms with Crippen LogP contribution in [-0.2, 0) is 9.84 Å². The molecule has 0 aromatic heterocycles. The largest absolute Gasteiger partial charge is 0.310 e. The highest BCUT2D eigenvalue weighted by Gasteiger charge is 2.33. The second kappa shape index (κ2) is 7.26. The van der Waals surface area contributed by atoms with Crippen molar-refractivity contribution in [2.24, 2.45) is 11.8 Å². The Bertz CT molecular complexity index is 387. The Labute approximate surface area is 124 Å². The molecule has 118 valence electrons. The third kappa shape index (κ3) is 5.03. The lowest BCUT2D eigenvalue weighted by Crippen LogP contribution is -2.48. The molecule has 2 aliphatic carbocycles. The van der Waals surface area contributed by atoms with E-state index >= 15 is 0 Å². The van der Waals surface area contributed by atoms with Gasteiger partial charge in [-0.1, -0.05) is 44.9 Å². The van der Waals surface area contributed by atoms with Gasteiger partial charge in [0.1, 0.15) is 9.84 Å². The van der Waals surface area contributed by atoms with Crippen LogP contribution < -0.4 is 5.32 Å². The molecule has 3 atom stereocenters. The SMILES string of the molecule is CC(CS(C)(=O)=O)NC1CCCCC1C1CCCCC1. The number of hydrogen-bond donors (Lipinski definition) is 1. The van der Waals surface area contributed by atoms with Crippen molar-refractivity contribution >= 4 is 9.84 Å². The van der Waals surface area contributed by atoms with Crippen molar-refractivity contribution in [2.75, 3.05) is 12.0 Å². The predicted molar refractivity (Wildman–Crippen MR) is 84.6 cm³/mol. The molecule has 0 aliphatic heterocycles. The zero-order chi connectivity index (χ0) is 14.6. The molecule has 3 nitrogen and oxygen atoms in total. The molecule has 2 aliphatic rings. The van der Waals surface area contributed by atoms with Gasteiger partial charge in [0.15, 0.2) is 0 Å². The summed E-state index contributed by atoms with van der Waals surface area (Å²) in [4.78, 5) is 0. The molecular formula is C16H31NO2S. The molecule has 3 unspecified atom stereocenters. The molecule has 2 rings (SSSR count). The van der Waals surface area contributed by atoms with E-state index in [1.54, 1.807) is 0 Å². The lowest BCUT2D eigenvalue weighted by Gasteiger charge is -2.40.